The van der Waals surface area contributed by atoms with Gasteiger partial charge in [-0.3, -0.25) is 0 Å². The van der Waals surface area contributed by atoms with Crippen LogP contribution in [0.2, 0.25) is 0 Å². The Bertz CT molecular complexity index is 1390. The van der Waals surface area contributed by atoms with Crippen LogP contribution in [0.5, 0.6) is 0 Å². The molecule has 0 bridgehead atoms. The van der Waals surface area contributed by atoms with E-state index in [1.807, 2.05) is 30.3 Å². The highest BCUT2D eigenvalue weighted by atomic mass is 19.1. The SMILES string of the molecule is Nc1ccc(-c2cc3c(-c4[nH]c(CCCCO)nc4-c4ccc(F)cc4)ccnc3[nH]2)cc1. The van der Waals surface area contributed by atoms with Crippen LogP contribution in [-0.4, -0.2) is 31.6 Å². The number of aromatic amines is 2. The van der Waals surface area contributed by atoms with Gasteiger partial charge in [0.05, 0.1) is 11.4 Å². The van der Waals surface area contributed by atoms with Gasteiger partial charge in [0, 0.05) is 47.1 Å². The highest BCUT2D eigenvalue weighted by molar-refractivity contribution is 5.98. The molecule has 5 N–H and O–H groups in total. The lowest BCUT2D eigenvalue weighted by Crippen LogP contribution is -1.91. The smallest absolute Gasteiger partial charge is 0.138 e. The van der Waals surface area contributed by atoms with Crippen LogP contribution >= 0.6 is 0 Å². The minimum atomic E-state index is -0.288. The van der Waals surface area contributed by atoms with E-state index < -0.39 is 0 Å². The number of imidazole rings is 1. The van der Waals surface area contributed by atoms with Crippen LogP contribution < -0.4 is 5.73 Å². The molecule has 0 unspecified atom stereocenters. The van der Waals surface area contributed by atoms with Gasteiger partial charge in [0.1, 0.15) is 17.3 Å². The first-order valence-corrected chi connectivity index (χ1v) is 10.9. The van der Waals surface area contributed by atoms with E-state index in [-0.39, 0.29) is 12.4 Å². The Morgan fingerprint density at radius 2 is 1.67 bits per heavy atom. The number of pyridine rings is 1. The van der Waals surface area contributed by atoms with Crippen LogP contribution in [0, 0.1) is 5.82 Å². The molecule has 33 heavy (non-hydrogen) atoms. The lowest BCUT2D eigenvalue weighted by Gasteiger charge is -2.05. The van der Waals surface area contributed by atoms with Gasteiger partial charge in [-0.05, 0) is 66.9 Å². The predicted octanol–water partition coefficient (Wildman–Crippen LogP) is 5.32. The molecule has 0 aliphatic carbocycles. The first-order valence-electron chi connectivity index (χ1n) is 10.9. The number of anilines is 1. The molecule has 0 aliphatic heterocycles. The minimum absolute atomic E-state index is 0.153. The van der Waals surface area contributed by atoms with Gasteiger partial charge in [-0.25, -0.2) is 14.4 Å². The van der Waals surface area contributed by atoms with E-state index in [2.05, 4.69) is 21.0 Å². The molecule has 166 valence electrons. The quantitative estimate of drug-likeness (QED) is 0.203. The number of aliphatic hydroxyl groups is 1. The van der Waals surface area contributed by atoms with Crippen LogP contribution in [0.4, 0.5) is 10.1 Å². The van der Waals surface area contributed by atoms with E-state index in [9.17, 15) is 4.39 Å². The summed E-state index contributed by atoms with van der Waals surface area (Å²) in [4.78, 5) is 16.2. The Morgan fingerprint density at radius 1 is 0.909 bits per heavy atom. The standard InChI is InChI=1S/C26H24FN5O/c27-18-8-4-17(5-9-18)24-25(32-23(31-24)3-1-2-14-33)20-12-13-29-26-21(20)15-22(30-26)16-6-10-19(28)11-7-16/h4-13,15,33H,1-3,14,28H2,(H,29,30)(H,31,32). The monoisotopic (exact) mass is 441 g/mol. The van der Waals surface area contributed by atoms with Crippen LogP contribution in [-0.2, 0) is 6.42 Å². The van der Waals surface area contributed by atoms with Gasteiger partial charge in [-0.1, -0.05) is 12.1 Å². The molecule has 0 aliphatic rings. The Hall–Kier alpha value is -3.97. The van der Waals surface area contributed by atoms with Crippen molar-refractivity contribution < 1.29 is 9.50 Å². The van der Waals surface area contributed by atoms with Crippen molar-refractivity contribution in [2.75, 3.05) is 12.3 Å². The molecule has 0 saturated heterocycles. The van der Waals surface area contributed by atoms with E-state index >= 15 is 0 Å². The van der Waals surface area contributed by atoms with Crippen molar-refractivity contribution in [3.63, 3.8) is 0 Å². The number of rotatable bonds is 7. The maximum absolute atomic E-state index is 13.6. The van der Waals surface area contributed by atoms with Gasteiger partial charge in [0.2, 0.25) is 0 Å². The van der Waals surface area contributed by atoms with Crippen molar-refractivity contribution in [1.82, 2.24) is 19.9 Å². The van der Waals surface area contributed by atoms with Crippen LogP contribution in [0.3, 0.4) is 0 Å². The maximum Gasteiger partial charge on any atom is 0.138 e. The molecule has 0 amide bonds. The van der Waals surface area contributed by atoms with Crippen molar-refractivity contribution >= 4 is 16.7 Å². The number of aromatic nitrogens is 4. The molecule has 0 radical (unpaired) electrons. The number of H-pyrrole nitrogens is 2. The number of benzene rings is 2. The molecule has 2 aromatic carbocycles. The summed E-state index contributed by atoms with van der Waals surface area (Å²) in [6.45, 7) is 0.153. The first kappa shape index (κ1) is 20.9. The number of nitrogens with two attached hydrogens (primary N) is 1. The number of aliphatic hydroxyl groups excluding tert-OH is 1. The number of nitrogen functional groups attached to an aromatic ring is 1. The third-order valence-corrected chi connectivity index (χ3v) is 5.72. The number of hydrogen-bond donors (Lipinski definition) is 4. The first-order chi connectivity index (χ1) is 16.1. The summed E-state index contributed by atoms with van der Waals surface area (Å²) in [7, 11) is 0. The molecular formula is C26H24FN5O. The average Bonchev–Trinajstić information content (AvgIpc) is 3.45. The van der Waals surface area contributed by atoms with Crippen molar-refractivity contribution in [2.24, 2.45) is 0 Å². The predicted molar refractivity (Wildman–Crippen MR) is 129 cm³/mol. The fourth-order valence-electron chi connectivity index (χ4n) is 4.02. The second-order valence-corrected chi connectivity index (χ2v) is 8.02. The lowest BCUT2D eigenvalue weighted by atomic mass is 10.0. The van der Waals surface area contributed by atoms with Gasteiger partial charge in [0.25, 0.3) is 0 Å². The molecule has 5 aromatic rings. The van der Waals surface area contributed by atoms with Gasteiger partial charge in [-0.15, -0.1) is 0 Å². The molecular weight excluding hydrogens is 417 g/mol. The maximum atomic E-state index is 13.6. The molecule has 0 atom stereocenters. The zero-order chi connectivity index (χ0) is 22.8. The summed E-state index contributed by atoms with van der Waals surface area (Å²) in [5.41, 5.74) is 12.7. The Balaban J connectivity index is 1.63. The van der Waals surface area contributed by atoms with Crippen LogP contribution in [0.1, 0.15) is 18.7 Å². The van der Waals surface area contributed by atoms with E-state index in [0.29, 0.717) is 18.5 Å². The average molecular weight is 442 g/mol. The Kier molecular flexibility index (Phi) is 5.62. The fourth-order valence-corrected chi connectivity index (χ4v) is 4.02. The van der Waals surface area contributed by atoms with Crippen molar-refractivity contribution in [3.8, 4) is 33.8 Å². The van der Waals surface area contributed by atoms with E-state index in [1.54, 1.807) is 18.3 Å². The van der Waals surface area contributed by atoms with Crippen LogP contribution in [0.25, 0.3) is 44.8 Å². The van der Waals surface area contributed by atoms with E-state index in [0.717, 1.165) is 57.1 Å². The third kappa shape index (κ3) is 4.23. The zero-order valence-electron chi connectivity index (χ0n) is 18.0. The van der Waals surface area contributed by atoms with E-state index in [1.165, 1.54) is 12.1 Å². The summed E-state index contributed by atoms with van der Waals surface area (Å²) in [6, 6.07) is 18.1. The molecule has 0 fully saturated rings. The molecule has 5 rings (SSSR count). The van der Waals surface area contributed by atoms with Gasteiger partial charge in [0.15, 0.2) is 0 Å². The molecule has 0 saturated carbocycles. The number of fused-ring (bicyclic) bond motifs is 1. The lowest BCUT2D eigenvalue weighted by molar-refractivity contribution is 0.284. The summed E-state index contributed by atoms with van der Waals surface area (Å²) < 4.78 is 13.6. The minimum Gasteiger partial charge on any atom is -0.399 e. The normalized spacial score (nSPS) is 11.3. The number of halogens is 1. The third-order valence-electron chi connectivity index (χ3n) is 5.72. The topological polar surface area (TPSA) is 104 Å². The largest absolute Gasteiger partial charge is 0.399 e. The Labute approximate surface area is 190 Å². The summed E-state index contributed by atoms with van der Waals surface area (Å²) in [5.74, 6) is 0.543. The van der Waals surface area contributed by atoms with Gasteiger partial charge < -0.3 is 20.8 Å². The summed E-state index contributed by atoms with van der Waals surface area (Å²) >= 11 is 0. The van der Waals surface area contributed by atoms with Crippen LogP contribution in [0.15, 0.2) is 66.9 Å². The number of aryl methyl sites for hydroxylation is 1. The highest BCUT2D eigenvalue weighted by Crippen LogP contribution is 2.36. The van der Waals surface area contributed by atoms with Crippen molar-refractivity contribution in [3.05, 3.63) is 78.5 Å². The number of unbranched alkanes of at least 4 members (excludes halogenated alkanes) is 1. The molecule has 7 heteroatoms. The molecule has 3 aromatic heterocycles. The van der Waals surface area contributed by atoms with Crippen molar-refractivity contribution in [1.29, 1.82) is 0 Å². The Morgan fingerprint density at radius 3 is 2.42 bits per heavy atom. The number of nitrogens with one attached hydrogen (secondary N) is 2. The number of hydrogen-bond acceptors (Lipinski definition) is 4. The molecule has 0 spiro atoms. The summed E-state index contributed by atoms with van der Waals surface area (Å²) in [6.07, 6.45) is 4.02. The second-order valence-electron chi connectivity index (χ2n) is 8.02. The van der Waals surface area contributed by atoms with E-state index in [4.69, 9.17) is 15.8 Å². The zero-order valence-corrected chi connectivity index (χ0v) is 18.0. The molecule has 3 heterocycles. The summed E-state index contributed by atoms with van der Waals surface area (Å²) in [5, 5.41) is 10.1. The number of nitrogens with zero attached hydrogens (tertiary/aromatic N) is 2. The fraction of sp³-hybridized carbons (Fsp3) is 0.154. The second kappa shape index (κ2) is 8.88. The van der Waals surface area contributed by atoms with Gasteiger partial charge in [-0.2, -0.15) is 0 Å². The van der Waals surface area contributed by atoms with Gasteiger partial charge >= 0.3 is 0 Å². The molecule has 6 nitrogen and oxygen atoms in total. The highest BCUT2D eigenvalue weighted by Gasteiger charge is 2.18. The van der Waals surface area contributed by atoms with Crippen molar-refractivity contribution in [2.45, 2.75) is 19.3 Å².